The van der Waals surface area contributed by atoms with Gasteiger partial charge in [-0.25, -0.2) is 0 Å². The molecule has 0 unspecified atom stereocenters. The van der Waals surface area contributed by atoms with Gasteiger partial charge in [-0.2, -0.15) is 0 Å². The summed E-state index contributed by atoms with van der Waals surface area (Å²) in [5, 5.41) is 2.28. The van der Waals surface area contributed by atoms with E-state index in [1.807, 2.05) is 12.4 Å². The van der Waals surface area contributed by atoms with Gasteiger partial charge in [-0.05, 0) is 35.4 Å². The minimum absolute atomic E-state index is 0.591. The number of hydrogen-bond acceptors (Lipinski definition) is 5. The first-order valence-electron chi connectivity index (χ1n) is 8.69. The summed E-state index contributed by atoms with van der Waals surface area (Å²) in [6, 6.07) is 16.7. The maximum Gasteiger partial charge on any atom is 0.0716 e. The lowest BCUT2D eigenvalue weighted by atomic mass is 10.1. The van der Waals surface area contributed by atoms with E-state index in [1.165, 1.54) is 9.79 Å². The molecule has 4 aromatic rings. The third-order valence-electron chi connectivity index (χ3n) is 4.38. The third-order valence-corrected chi connectivity index (χ3v) is 5.53. The number of fused-ring (bicyclic) bond motifs is 2. The largest absolute Gasteiger partial charge is 0.380 e. The van der Waals surface area contributed by atoms with E-state index in [9.17, 15) is 0 Å². The molecule has 4 nitrogen and oxygen atoms in total. The molecule has 2 heterocycles. The second kappa shape index (κ2) is 8.05. The molecule has 0 N–H and O–H groups in total. The van der Waals surface area contributed by atoms with Crippen LogP contribution in [-0.2, 0) is 22.7 Å². The molecule has 0 fully saturated rings. The van der Waals surface area contributed by atoms with Gasteiger partial charge in [0.2, 0.25) is 0 Å². The molecular weight excluding hydrogens is 356 g/mol. The van der Waals surface area contributed by atoms with Crippen LogP contribution in [0.3, 0.4) is 0 Å². The minimum atomic E-state index is 0.591. The number of pyridine rings is 2. The lowest BCUT2D eigenvalue weighted by molar-refractivity contribution is 0.185. The van der Waals surface area contributed by atoms with Gasteiger partial charge in [0.05, 0.1) is 24.2 Å². The van der Waals surface area contributed by atoms with E-state index in [0.717, 1.165) is 32.9 Å². The monoisotopic (exact) mass is 376 g/mol. The molecule has 2 aromatic heterocycles. The predicted octanol–water partition coefficient (Wildman–Crippen LogP) is 5.23. The van der Waals surface area contributed by atoms with Crippen LogP contribution in [0, 0.1) is 0 Å². The average molecular weight is 376 g/mol. The first kappa shape index (κ1) is 17.9. The number of rotatable bonds is 6. The first-order chi connectivity index (χ1) is 13.3. The lowest BCUT2D eigenvalue weighted by Crippen LogP contribution is -1.90. The van der Waals surface area contributed by atoms with Crippen molar-refractivity contribution in [1.82, 2.24) is 9.97 Å². The highest BCUT2D eigenvalue weighted by atomic mass is 32.2. The Morgan fingerprint density at radius 1 is 0.704 bits per heavy atom. The van der Waals surface area contributed by atoms with Crippen molar-refractivity contribution in [3.8, 4) is 0 Å². The van der Waals surface area contributed by atoms with Gasteiger partial charge in [-0.3, -0.25) is 9.97 Å². The van der Waals surface area contributed by atoms with Crippen molar-refractivity contribution in [2.45, 2.75) is 23.0 Å². The van der Waals surface area contributed by atoms with Crippen LogP contribution in [0.15, 0.2) is 70.7 Å². The average Bonchev–Trinajstić information content (AvgIpc) is 2.69. The molecule has 0 saturated carbocycles. The number of aromatic nitrogens is 2. The number of nitrogens with zero attached hydrogens (tertiary/aromatic N) is 2. The summed E-state index contributed by atoms with van der Waals surface area (Å²) in [6.45, 7) is 1.18. The van der Waals surface area contributed by atoms with Crippen LogP contribution in [0.25, 0.3) is 21.8 Å². The van der Waals surface area contributed by atoms with Crippen molar-refractivity contribution >= 4 is 33.6 Å². The smallest absolute Gasteiger partial charge is 0.0716 e. The highest BCUT2D eigenvalue weighted by Gasteiger charge is 2.09. The molecule has 0 atom stereocenters. The van der Waals surface area contributed by atoms with E-state index in [2.05, 4.69) is 58.5 Å². The topological polar surface area (TPSA) is 44.2 Å². The maximum atomic E-state index is 5.23. The van der Waals surface area contributed by atoms with Crippen molar-refractivity contribution < 1.29 is 9.47 Å². The highest BCUT2D eigenvalue weighted by molar-refractivity contribution is 7.99. The third kappa shape index (κ3) is 3.81. The molecule has 0 aliphatic carbocycles. The summed E-state index contributed by atoms with van der Waals surface area (Å²) in [4.78, 5) is 11.4. The van der Waals surface area contributed by atoms with Crippen molar-refractivity contribution in [2.24, 2.45) is 0 Å². The van der Waals surface area contributed by atoms with E-state index in [0.29, 0.717) is 13.2 Å². The Kier molecular flexibility index (Phi) is 5.34. The number of ether oxygens (including phenoxy) is 2. The molecule has 0 saturated heterocycles. The molecule has 27 heavy (non-hydrogen) atoms. The second-order valence-electron chi connectivity index (χ2n) is 6.29. The van der Waals surface area contributed by atoms with Crippen LogP contribution < -0.4 is 0 Å². The van der Waals surface area contributed by atoms with Crippen molar-refractivity contribution in [3.63, 3.8) is 0 Å². The Balaban J connectivity index is 1.73. The second-order valence-corrected chi connectivity index (χ2v) is 7.37. The first-order valence-corrected chi connectivity index (χ1v) is 9.51. The van der Waals surface area contributed by atoms with Gasteiger partial charge in [0.1, 0.15) is 0 Å². The molecule has 0 aliphatic rings. The van der Waals surface area contributed by atoms with E-state index in [4.69, 9.17) is 9.47 Å². The zero-order valence-electron chi connectivity index (χ0n) is 15.3. The van der Waals surface area contributed by atoms with Gasteiger partial charge >= 0.3 is 0 Å². The van der Waals surface area contributed by atoms with Gasteiger partial charge < -0.3 is 9.47 Å². The molecule has 0 bridgehead atoms. The fourth-order valence-electron chi connectivity index (χ4n) is 3.14. The standard InChI is InChI=1S/C22H20N2O2S/c1-25-13-15-3-5-17-19(11-15)23-9-7-21(17)27-22-8-10-24-20-12-16(14-26-2)4-6-18(20)22/h3-12H,13-14H2,1-2H3. The van der Waals surface area contributed by atoms with E-state index in [-0.39, 0.29) is 0 Å². The zero-order valence-corrected chi connectivity index (χ0v) is 16.1. The Morgan fingerprint density at radius 3 is 1.63 bits per heavy atom. The van der Waals surface area contributed by atoms with Gasteiger partial charge in [0, 0.05) is 47.2 Å². The number of methoxy groups -OCH3 is 2. The minimum Gasteiger partial charge on any atom is -0.380 e. The Bertz CT molecular complexity index is 1010. The molecule has 4 rings (SSSR count). The van der Waals surface area contributed by atoms with Crippen molar-refractivity contribution in [2.75, 3.05) is 14.2 Å². The summed E-state index contributed by atoms with van der Waals surface area (Å²) in [5.74, 6) is 0. The van der Waals surface area contributed by atoms with Gasteiger partial charge in [-0.15, -0.1) is 0 Å². The fourth-order valence-corrected chi connectivity index (χ4v) is 4.20. The zero-order chi connectivity index (χ0) is 18.6. The lowest BCUT2D eigenvalue weighted by Gasteiger charge is -2.10. The Labute approximate surface area is 162 Å². The SMILES string of the molecule is COCc1ccc2c(Sc3ccnc4cc(COC)ccc34)ccnc2c1. The summed E-state index contributed by atoms with van der Waals surface area (Å²) in [5.41, 5.74) is 4.21. The van der Waals surface area contributed by atoms with Crippen LogP contribution in [0.5, 0.6) is 0 Å². The van der Waals surface area contributed by atoms with Gasteiger partial charge in [0.15, 0.2) is 0 Å². The van der Waals surface area contributed by atoms with Crippen molar-refractivity contribution in [1.29, 1.82) is 0 Å². The van der Waals surface area contributed by atoms with Gasteiger partial charge in [-0.1, -0.05) is 36.0 Å². The summed E-state index contributed by atoms with van der Waals surface area (Å²) in [6.07, 6.45) is 3.72. The molecule has 2 aromatic carbocycles. The van der Waals surface area contributed by atoms with Crippen LogP contribution in [0.4, 0.5) is 0 Å². The highest BCUT2D eigenvalue weighted by Crippen LogP contribution is 2.36. The molecule has 5 heteroatoms. The number of hydrogen-bond donors (Lipinski definition) is 0. The summed E-state index contributed by atoms with van der Waals surface area (Å²) in [7, 11) is 3.41. The molecule has 0 amide bonds. The summed E-state index contributed by atoms with van der Waals surface area (Å²) < 4.78 is 10.5. The Morgan fingerprint density at radius 2 is 1.19 bits per heavy atom. The van der Waals surface area contributed by atoms with Crippen LogP contribution in [-0.4, -0.2) is 24.2 Å². The molecular formula is C22H20N2O2S. The normalized spacial score (nSPS) is 11.3. The molecule has 0 aliphatic heterocycles. The summed E-state index contributed by atoms with van der Waals surface area (Å²) >= 11 is 1.74. The molecule has 0 radical (unpaired) electrons. The van der Waals surface area contributed by atoms with Crippen LogP contribution >= 0.6 is 11.8 Å². The van der Waals surface area contributed by atoms with E-state index < -0.39 is 0 Å². The van der Waals surface area contributed by atoms with Crippen molar-refractivity contribution in [3.05, 3.63) is 72.1 Å². The molecule has 0 spiro atoms. The van der Waals surface area contributed by atoms with Gasteiger partial charge in [0.25, 0.3) is 0 Å². The van der Waals surface area contributed by atoms with E-state index in [1.54, 1.807) is 26.0 Å². The van der Waals surface area contributed by atoms with Crippen LogP contribution in [0.2, 0.25) is 0 Å². The predicted molar refractivity (Wildman–Crippen MR) is 109 cm³/mol. The van der Waals surface area contributed by atoms with E-state index >= 15 is 0 Å². The van der Waals surface area contributed by atoms with Crippen LogP contribution in [0.1, 0.15) is 11.1 Å². The number of benzene rings is 2. The Hall–Kier alpha value is -2.47. The quantitative estimate of drug-likeness (QED) is 0.461. The fraction of sp³-hybridized carbons (Fsp3) is 0.182. The molecule has 136 valence electrons. The maximum absolute atomic E-state index is 5.23.